The summed E-state index contributed by atoms with van der Waals surface area (Å²) in [7, 11) is 1.33. The molecule has 118 valence electrons. The van der Waals surface area contributed by atoms with Crippen LogP contribution in [0.5, 0.6) is 0 Å². The highest BCUT2D eigenvalue weighted by molar-refractivity contribution is 6.03. The zero-order valence-electron chi connectivity index (χ0n) is 12.7. The van der Waals surface area contributed by atoms with Gasteiger partial charge in [0.2, 0.25) is 0 Å². The van der Waals surface area contributed by atoms with Gasteiger partial charge in [-0.2, -0.15) is 0 Å². The van der Waals surface area contributed by atoms with Crippen molar-refractivity contribution in [3.63, 3.8) is 0 Å². The predicted octanol–water partition coefficient (Wildman–Crippen LogP) is 2.69. The second kappa shape index (κ2) is 6.48. The van der Waals surface area contributed by atoms with E-state index < -0.39 is 5.97 Å². The summed E-state index contributed by atoms with van der Waals surface area (Å²) in [5, 5.41) is 6.09. The standard InChI is InChI=1S/C17H17N3O3/c1-23-17(22)11-2-4-13(5-3-11)20-16(21)15-10-14(8-9-18-15)19-12-6-7-12/h2-5,8-10,12H,6-7H2,1H3,(H,18,19)(H,20,21). The molecular weight excluding hydrogens is 294 g/mol. The van der Waals surface area contributed by atoms with Crippen LogP contribution in [-0.4, -0.2) is 30.0 Å². The third kappa shape index (κ3) is 3.85. The van der Waals surface area contributed by atoms with Gasteiger partial charge in [-0.1, -0.05) is 0 Å². The minimum Gasteiger partial charge on any atom is -0.465 e. The summed E-state index contributed by atoms with van der Waals surface area (Å²) in [6.07, 6.45) is 3.94. The average Bonchev–Trinajstić information content (AvgIpc) is 3.39. The lowest BCUT2D eigenvalue weighted by Crippen LogP contribution is -2.14. The van der Waals surface area contributed by atoms with E-state index in [0.29, 0.717) is 23.0 Å². The number of aromatic nitrogens is 1. The molecule has 0 aliphatic heterocycles. The Labute approximate surface area is 133 Å². The van der Waals surface area contributed by atoms with Crippen LogP contribution in [0.15, 0.2) is 42.6 Å². The molecule has 0 spiro atoms. The molecule has 1 aromatic heterocycles. The fourth-order valence-corrected chi connectivity index (χ4v) is 2.11. The van der Waals surface area contributed by atoms with Gasteiger partial charge in [0.1, 0.15) is 5.69 Å². The van der Waals surface area contributed by atoms with Crippen molar-refractivity contribution in [2.45, 2.75) is 18.9 Å². The monoisotopic (exact) mass is 311 g/mol. The number of amides is 1. The first kappa shape index (κ1) is 15.0. The molecule has 1 saturated carbocycles. The number of methoxy groups -OCH3 is 1. The summed E-state index contributed by atoms with van der Waals surface area (Å²) in [5.41, 5.74) is 2.26. The molecule has 0 atom stereocenters. The molecule has 3 rings (SSSR count). The van der Waals surface area contributed by atoms with Crippen LogP contribution in [0.4, 0.5) is 11.4 Å². The third-order valence-corrected chi connectivity index (χ3v) is 3.50. The van der Waals surface area contributed by atoms with Gasteiger partial charge in [-0.25, -0.2) is 4.79 Å². The van der Waals surface area contributed by atoms with E-state index in [1.165, 1.54) is 7.11 Å². The van der Waals surface area contributed by atoms with Crippen LogP contribution in [0.3, 0.4) is 0 Å². The molecule has 0 bridgehead atoms. The summed E-state index contributed by atoms with van der Waals surface area (Å²) in [6.45, 7) is 0. The van der Waals surface area contributed by atoms with Gasteiger partial charge in [0.25, 0.3) is 5.91 Å². The van der Waals surface area contributed by atoms with Crippen molar-refractivity contribution in [2.24, 2.45) is 0 Å². The molecule has 1 heterocycles. The third-order valence-electron chi connectivity index (χ3n) is 3.50. The van der Waals surface area contributed by atoms with E-state index in [0.717, 1.165) is 18.5 Å². The smallest absolute Gasteiger partial charge is 0.337 e. The molecule has 1 aromatic carbocycles. The second-order valence-electron chi connectivity index (χ2n) is 5.37. The number of nitrogens with zero attached hydrogens (tertiary/aromatic N) is 1. The highest BCUT2D eigenvalue weighted by atomic mass is 16.5. The predicted molar refractivity (Wildman–Crippen MR) is 86.6 cm³/mol. The number of benzene rings is 1. The molecule has 1 aliphatic rings. The molecule has 1 aliphatic carbocycles. The van der Waals surface area contributed by atoms with E-state index >= 15 is 0 Å². The Morgan fingerprint density at radius 3 is 2.52 bits per heavy atom. The molecule has 2 aromatic rings. The molecule has 6 heteroatoms. The molecule has 1 amide bonds. The van der Waals surface area contributed by atoms with Gasteiger partial charge in [0.15, 0.2) is 0 Å². The topological polar surface area (TPSA) is 80.3 Å². The number of pyridine rings is 1. The number of hydrogen-bond donors (Lipinski definition) is 2. The average molecular weight is 311 g/mol. The largest absolute Gasteiger partial charge is 0.465 e. The first-order valence-corrected chi connectivity index (χ1v) is 7.38. The Bertz CT molecular complexity index is 724. The molecule has 0 radical (unpaired) electrons. The number of esters is 1. The maximum atomic E-state index is 12.2. The zero-order chi connectivity index (χ0) is 16.2. The Morgan fingerprint density at radius 1 is 1.13 bits per heavy atom. The maximum Gasteiger partial charge on any atom is 0.337 e. The van der Waals surface area contributed by atoms with Gasteiger partial charge in [-0.15, -0.1) is 0 Å². The molecule has 6 nitrogen and oxygen atoms in total. The van der Waals surface area contributed by atoms with Gasteiger partial charge in [-0.05, 0) is 49.2 Å². The van der Waals surface area contributed by atoms with E-state index in [2.05, 4.69) is 20.4 Å². The minimum atomic E-state index is -0.414. The number of carbonyl (C=O) groups is 2. The van der Waals surface area contributed by atoms with E-state index in [1.54, 1.807) is 36.5 Å². The SMILES string of the molecule is COC(=O)c1ccc(NC(=O)c2cc(NC3CC3)ccn2)cc1. The molecular formula is C17H17N3O3. The van der Waals surface area contributed by atoms with Crippen molar-refractivity contribution in [3.05, 3.63) is 53.9 Å². The lowest BCUT2D eigenvalue weighted by atomic mass is 10.2. The Hall–Kier alpha value is -2.89. The van der Waals surface area contributed by atoms with Gasteiger partial charge in [-0.3, -0.25) is 9.78 Å². The number of rotatable bonds is 5. The molecule has 23 heavy (non-hydrogen) atoms. The van der Waals surface area contributed by atoms with Crippen molar-refractivity contribution < 1.29 is 14.3 Å². The fourth-order valence-electron chi connectivity index (χ4n) is 2.11. The number of anilines is 2. The van der Waals surface area contributed by atoms with Gasteiger partial charge in [0, 0.05) is 23.6 Å². The summed E-state index contributed by atoms with van der Waals surface area (Å²) in [6, 6.07) is 10.6. The Kier molecular flexibility index (Phi) is 4.23. The van der Waals surface area contributed by atoms with E-state index in [-0.39, 0.29) is 5.91 Å². The van der Waals surface area contributed by atoms with Crippen molar-refractivity contribution in [1.82, 2.24) is 4.98 Å². The number of hydrogen-bond acceptors (Lipinski definition) is 5. The first-order chi connectivity index (χ1) is 11.2. The van der Waals surface area contributed by atoms with Crippen LogP contribution in [-0.2, 0) is 4.74 Å². The molecule has 1 fully saturated rings. The maximum absolute atomic E-state index is 12.2. The van der Waals surface area contributed by atoms with E-state index in [9.17, 15) is 9.59 Å². The summed E-state index contributed by atoms with van der Waals surface area (Å²) in [5.74, 6) is -0.710. The normalized spacial score (nSPS) is 13.3. The van der Waals surface area contributed by atoms with Crippen molar-refractivity contribution in [2.75, 3.05) is 17.7 Å². The van der Waals surface area contributed by atoms with Crippen LogP contribution in [0.2, 0.25) is 0 Å². The molecule has 0 saturated heterocycles. The molecule has 0 unspecified atom stereocenters. The van der Waals surface area contributed by atoms with Crippen LogP contribution in [0, 0.1) is 0 Å². The summed E-state index contributed by atoms with van der Waals surface area (Å²) >= 11 is 0. The summed E-state index contributed by atoms with van der Waals surface area (Å²) in [4.78, 5) is 27.7. The van der Waals surface area contributed by atoms with Gasteiger partial charge >= 0.3 is 5.97 Å². The number of ether oxygens (including phenoxy) is 1. The van der Waals surface area contributed by atoms with Crippen LogP contribution >= 0.6 is 0 Å². The van der Waals surface area contributed by atoms with E-state index in [4.69, 9.17) is 0 Å². The van der Waals surface area contributed by atoms with Crippen molar-refractivity contribution in [3.8, 4) is 0 Å². The first-order valence-electron chi connectivity index (χ1n) is 7.38. The van der Waals surface area contributed by atoms with Crippen LogP contribution < -0.4 is 10.6 Å². The second-order valence-corrected chi connectivity index (χ2v) is 5.37. The fraction of sp³-hybridized carbons (Fsp3) is 0.235. The zero-order valence-corrected chi connectivity index (χ0v) is 12.7. The van der Waals surface area contributed by atoms with Crippen molar-refractivity contribution >= 4 is 23.3 Å². The van der Waals surface area contributed by atoms with Gasteiger partial charge in [0.05, 0.1) is 12.7 Å². The highest BCUT2D eigenvalue weighted by Crippen LogP contribution is 2.24. The number of carbonyl (C=O) groups excluding carboxylic acids is 2. The van der Waals surface area contributed by atoms with Crippen LogP contribution in [0.25, 0.3) is 0 Å². The Balaban J connectivity index is 1.67. The van der Waals surface area contributed by atoms with Crippen LogP contribution in [0.1, 0.15) is 33.7 Å². The molecule has 2 N–H and O–H groups in total. The lowest BCUT2D eigenvalue weighted by Gasteiger charge is -2.08. The van der Waals surface area contributed by atoms with Crippen molar-refractivity contribution in [1.29, 1.82) is 0 Å². The van der Waals surface area contributed by atoms with Gasteiger partial charge < -0.3 is 15.4 Å². The quantitative estimate of drug-likeness (QED) is 0.830. The number of nitrogens with one attached hydrogen (secondary N) is 2. The summed E-state index contributed by atoms with van der Waals surface area (Å²) < 4.78 is 4.63. The minimum absolute atomic E-state index is 0.296. The Morgan fingerprint density at radius 2 is 1.87 bits per heavy atom. The highest BCUT2D eigenvalue weighted by Gasteiger charge is 2.21. The lowest BCUT2D eigenvalue weighted by molar-refractivity contribution is 0.0600. The van der Waals surface area contributed by atoms with E-state index in [1.807, 2.05) is 6.07 Å².